The Balaban J connectivity index is 1.51. The van der Waals surface area contributed by atoms with Crippen LogP contribution in [0.25, 0.3) is 10.9 Å². The molecule has 2 saturated heterocycles. The normalized spacial score (nSPS) is 18.2. The van der Waals surface area contributed by atoms with Crippen molar-refractivity contribution in [1.29, 1.82) is 0 Å². The molecular formula is C24H35N3O3. The second kappa shape index (κ2) is 9.73. The van der Waals surface area contributed by atoms with Gasteiger partial charge in [0.2, 0.25) is 0 Å². The fraction of sp³-hybridized carbons (Fsp3) is 0.625. The standard InChI is InChI=1S/C24H35N3O3/c1-18(2)30-19-15-21-20(23(16-19)27-11-7-4-8-12-27)17-22(25-21)24(28)29-14-13-26-9-5-3-6-10-26/h15-18,25H,3-14H2,1-2H3. The molecule has 1 aromatic heterocycles. The van der Waals surface area contributed by atoms with E-state index < -0.39 is 0 Å². The van der Waals surface area contributed by atoms with Gasteiger partial charge in [0.15, 0.2) is 0 Å². The number of anilines is 1. The molecule has 0 radical (unpaired) electrons. The number of rotatable bonds is 7. The van der Waals surface area contributed by atoms with Gasteiger partial charge in [0.1, 0.15) is 18.1 Å². The Kier molecular flexibility index (Phi) is 6.82. The van der Waals surface area contributed by atoms with E-state index in [1.807, 2.05) is 26.0 Å². The van der Waals surface area contributed by atoms with E-state index in [0.29, 0.717) is 12.3 Å². The number of fused-ring (bicyclic) bond motifs is 1. The van der Waals surface area contributed by atoms with Crippen molar-refractivity contribution in [2.24, 2.45) is 0 Å². The molecule has 0 saturated carbocycles. The predicted molar refractivity (Wildman–Crippen MR) is 121 cm³/mol. The SMILES string of the molecule is CC(C)Oc1cc(N2CCCCC2)c2cc(C(=O)OCCN3CCCCC3)[nH]c2c1. The van der Waals surface area contributed by atoms with E-state index in [-0.39, 0.29) is 12.1 Å². The topological polar surface area (TPSA) is 57.8 Å². The average Bonchev–Trinajstić information content (AvgIpc) is 3.18. The van der Waals surface area contributed by atoms with Gasteiger partial charge in [-0.15, -0.1) is 0 Å². The van der Waals surface area contributed by atoms with E-state index in [1.54, 1.807) is 0 Å². The number of aromatic amines is 1. The first-order valence-corrected chi connectivity index (χ1v) is 11.6. The smallest absolute Gasteiger partial charge is 0.354 e. The number of likely N-dealkylation sites (tertiary alicyclic amines) is 1. The first-order chi connectivity index (χ1) is 14.6. The molecular weight excluding hydrogens is 378 g/mol. The highest BCUT2D eigenvalue weighted by molar-refractivity contribution is 6.01. The lowest BCUT2D eigenvalue weighted by Crippen LogP contribution is -2.33. The van der Waals surface area contributed by atoms with Crippen LogP contribution in [-0.4, -0.2) is 61.3 Å². The maximum absolute atomic E-state index is 12.7. The van der Waals surface area contributed by atoms with Gasteiger partial charge in [-0.3, -0.25) is 4.90 Å². The molecule has 0 spiro atoms. The summed E-state index contributed by atoms with van der Waals surface area (Å²) in [6.45, 7) is 9.63. The summed E-state index contributed by atoms with van der Waals surface area (Å²) in [5.41, 5.74) is 2.59. The highest BCUT2D eigenvalue weighted by atomic mass is 16.5. The lowest BCUT2D eigenvalue weighted by Gasteiger charge is -2.30. The molecule has 0 aliphatic carbocycles. The van der Waals surface area contributed by atoms with Crippen LogP contribution in [0.1, 0.15) is 62.9 Å². The summed E-state index contributed by atoms with van der Waals surface area (Å²) in [4.78, 5) is 20.8. The number of nitrogens with zero attached hydrogens (tertiary/aromatic N) is 2. The number of aromatic nitrogens is 1. The molecule has 0 atom stereocenters. The van der Waals surface area contributed by atoms with Gasteiger partial charge in [0, 0.05) is 42.8 Å². The third kappa shape index (κ3) is 5.09. The summed E-state index contributed by atoms with van der Waals surface area (Å²) in [7, 11) is 0. The van der Waals surface area contributed by atoms with Crippen LogP contribution >= 0.6 is 0 Å². The number of ether oxygens (including phenoxy) is 2. The lowest BCUT2D eigenvalue weighted by atomic mass is 10.1. The van der Waals surface area contributed by atoms with Crippen LogP contribution in [0.4, 0.5) is 5.69 Å². The summed E-state index contributed by atoms with van der Waals surface area (Å²) in [6, 6.07) is 6.06. The molecule has 0 amide bonds. The zero-order valence-electron chi connectivity index (χ0n) is 18.4. The van der Waals surface area contributed by atoms with Gasteiger partial charge < -0.3 is 19.4 Å². The van der Waals surface area contributed by atoms with Gasteiger partial charge >= 0.3 is 5.97 Å². The third-order valence-electron chi connectivity index (χ3n) is 6.07. The highest BCUT2D eigenvalue weighted by Crippen LogP contribution is 2.34. The number of hydrogen-bond donors (Lipinski definition) is 1. The van der Waals surface area contributed by atoms with Crippen molar-refractivity contribution < 1.29 is 14.3 Å². The molecule has 3 heterocycles. The zero-order chi connectivity index (χ0) is 20.9. The zero-order valence-corrected chi connectivity index (χ0v) is 18.4. The summed E-state index contributed by atoms with van der Waals surface area (Å²) in [5.74, 6) is 0.559. The largest absolute Gasteiger partial charge is 0.491 e. The Bertz CT molecular complexity index is 849. The maximum Gasteiger partial charge on any atom is 0.354 e. The van der Waals surface area contributed by atoms with E-state index >= 15 is 0 Å². The summed E-state index contributed by atoms with van der Waals surface area (Å²) < 4.78 is 11.6. The molecule has 6 heteroatoms. The number of carbonyl (C=O) groups excluding carboxylic acids is 1. The Morgan fingerprint density at radius 2 is 1.70 bits per heavy atom. The molecule has 2 aromatic rings. The number of carbonyl (C=O) groups is 1. The van der Waals surface area contributed by atoms with Crippen molar-refractivity contribution in [2.75, 3.05) is 44.2 Å². The molecule has 0 bridgehead atoms. The van der Waals surface area contributed by atoms with Crippen LogP contribution in [0.2, 0.25) is 0 Å². The first kappa shape index (κ1) is 21.0. The van der Waals surface area contributed by atoms with Crippen LogP contribution in [0.15, 0.2) is 18.2 Å². The van der Waals surface area contributed by atoms with Crippen molar-refractivity contribution in [3.8, 4) is 5.75 Å². The summed E-state index contributed by atoms with van der Waals surface area (Å²) >= 11 is 0. The fourth-order valence-corrected chi connectivity index (χ4v) is 4.57. The van der Waals surface area contributed by atoms with E-state index in [2.05, 4.69) is 20.9 Å². The maximum atomic E-state index is 12.7. The minimum absolute atomic E-state index is 0.103. The molecule has 2 aliphatic rings. The number of H-pyrrole nitrogens is 1. The second-order valence-electron chi connectivity index (χ2n) is 8.84. The minimum Gasteiger partial charge on any atom is -0.491 e. The van der Waals surface area contributed by atoms with Gasteiger partial charge in [0.25, 0.3) is 0 Å². The Morgan fingerprint density at radius 3 is 2.40 bits per heavy atom. The first-order valence-electron chi connectivity index (χ1n) is 11.6. The number of benzene rings is 1. The second-order valence-corrected chi connectivity index (χ2v) is 8.84. The van der Waals surface area contributed by atoms with Crippen LogP contribution < -0.4 is 9.64 Å². The van der Waals surface area contributed by atoms with Crippen molar-refractivity contribution >= 4 is 22.6 Å². The third-order valence-corrected chi connectivity index (χ3v) is 6.07. The molecule has 1 N–H and O–H groups in total. The number of piperidine rings is 2. The van der Waals surface area contributed by atoms with Gasteiger partial charge in [-0.1, -0.05) is 6.42 Å². The quantitative estimate of drug-likeness (QED) is 0.673. The Hall–Kier alpha value is -2.21. The van der Waals surface area contributed by atoms with E-state index in [4.69, 9.17) is 9.47 Å². The summed E-state index contributed by atoms with van der Waals surface area (Å²) in [6.07, 6.45) is 7.59. The molecule has 0 unspecified atom stereocenters. The van der Waals surface area contributed by atoms with Crippen LogP contribution in [0.5, 0.6) is 5.75 Å². The number of esters is 1. The van der Waals surface area contributed by atoms with Crippen molar-refractivity contribution in [2.45, 2.75) is 58.5 Å². The van der Waals surface area contributed by atoms with Crippen molar-refractivity contribution in [1.82, 2.24) is 9.88 Å². The van der Waals surface area contributed by atoms with E-state index in [9.17, 15) is 4.79 Å². The summed E-state index contributed by atoms with van der Waals surface area (Å²) in [5, 5.41) is 1.07. The molecule has 164 valence electrons. The molecule has 30 heavy (non-hydrogen) atoms. The molecule has 2 fully saturated rings. The van der Waals surface area contributed by atoms with Gasteiger partial charge in [-0.05, 0) is 65.1 Å². The Morgan fingerprint density at radius 1 is 1.00 bits per heavy atom. The van der Waals surface area contributed by atoms with Crippen molar-refractivity contribution in [3.05, 3.63) is 23.9 Å². The molecule has 4 rings (SSSR count). The van der Waals surface area contributed by atoms with E-state index in [1.165, 1.54) is 38.5 Å². The number of nitrogens with one attached hydrogen (secondary N) is 1. The van der Waals surface area contributed by atoms with Crippen LogP contribution in [0, 0.1) is 0 Å². The Labute approximate surface area is 179 Å². The molecule has 6 nitrogen and oxygen atoms in total. The van der Waals surface area contributed by atoms with Gasteiger partial charge in [-0.2, -0.15) is 0 Å². The van der Waals surface area contributed by atoms with Crippen LogP contribution in [0.3, 0.4) is 0 Å². The molecule has 1 aromatic carbocycles. The molecule has 2 aliphatic heterocycles. The fourth-order valence-electron chi connectivity index (χ4n) is 4.57. The lowest BCUT2D eigenvalue weighted by molar-refractivity contribution is 0.0446. The van der Waals surface area contributed by atoms with Crippen LogP contribution in [-0.2, 0) is 4.74 Å². The van der Waals surface area contributed by atoms with Crippen molar-refractivity contribution in [3.63, 3.8) is 0 Å². The van der Waals surface area contributed by atoms with Gasteiger partial charge in [0.05, 0.1) is 11.6 Å². The highest BCUT2D eigenvalue weighted by Gasteiger charge is 2.20. The average molecular weight is 414 g/mol. The van der Waals surface area contributed by atoms with E-state index in [0.717, 1.165) is 55.1 Å². The number of hydrogen-bond acceptors (Lipinski definition) is 5. The minimum atomic E-state index is -0.279. The predicted octanol–water partition coefficient (Wildman–Crippen LogP) is 4.59. The monoisotopic (exact) mass is 413 g/mol. The van der Waals surface area contributed by atoms with Gasteiger partial charge in [-0.25, -0.2) is 4.79 Å².